The first-order valence-electron chi connectivity index (χ1n) is 9.13. The smallest absolute Gasteiger partial charge is 0.267 e. The third-order valence-corrected chi connectivity index (χ3v) is 5.16. The monoisotopic (exact) mass is 404 g/mol. The normalized spacial score (nSPS) is 13.4. The van der Waals surface area contributed by atoms with E-state index in [1.807, 2.05) is 0 Å². The molecule has 0 unspecified atom stereocenters. The molecule has 3 heterocycles. The minimum atomic E-state index is -0.668. The summed E-state index contributed by atoms with van der Waals surface area (Å²) in [7, 11) is 1.66. The second-order valence-electron chi connectivity index (χ2n) is 7.13. The first-order chi connectivity index (χ1) is 14.4. The van der Waals surface area contributed by atoms with Gasteiger partial charge in [0.1, 0.15) is 17.3 Å². The van der Waals surface area contributed by atoms with Gasteiger partial charge in [-0.15, -0.1) is 0 Å². The van der Waals surface area contributed by atoms with Crippen molar-refractivity contribution in [1.82, 2.24) is 14.8 Å². The van der Waals surface area contributed by atoms with Gasteiger partial charge in [-0.1, -0.05) is 6.07 Å². The third-order valence-electron chi connectivity index (χ3n) is 5.16. The first-order valence-corrected chi connectivity index (χ1v) is 9.13. The van der Waals surface area contributed by atoms with Crippen LogP contribution in [0.15, 0.2) is 48.7 Å². The SMILES string of the molecule is Cc1ccc(N2C(=O)c3cnc4c(c(-c5ccc(F)cc5)nn4C)c3C2=O)c(F)c1. The highest BCUT2D eigenvalue weighted by Gasteiger charge is 2.41. The average Bonchev–Trinajstić information content (AvgIpc) is 3.18. The third kappa shape index (κ3) is 2.46. The molecular formula is C22H14F2N4O2. The molecule has 0 spiro atoms. The van der Waals surface area contributed by atoms with E-state index in [-0.39, 0.29) is 16.8 Å². The minimum Gasteiger partial charge on any atom is -0.268 e. The standard InChI is InChI=1S/C22H14F2N4O2/c1-11-3-8-16(15(24)9-11)28-21(29)14-10-25-20-18(17(14)22(28)30)19(26-27(20)2)12-4-6-13(23)7-5-12/h3-10H,1-2H3. The van der Waals surface area contributed by atoms with Crippen LogP contribution in [0.4, 0.5) is 14.5 Å². The van der Waals surface area contributed by atoms with Gasteiger partial charge in [0.05, 0.1) is 22.2 Å². The molecule has 0 aliphatic carbocycles. The van der Waals surface area contributed by atoms with Crippen LogP contribution >= 0.6 is 0 Å². The second kappa shape index (κ2) is 6.28. The maximum absolute atomic E-state index is 14.6. The maximum Gasteiger partial charge on any atom is 0.267 e. The number of amides is 2. The molecular weight excluding hydrogens is 390 g/mol. The zero-order valence-electron chi connectivity index (χ0n) is 16.0. The predicted molar refractivity (Wildman–Crippen MR) is 106 cm³/mol. The van der Waals surface area contributed by atoms with Crippen LogP contribution in [0.2, 0.25) is 0 Å². The van der Waals surface area contributed by atoms with Crippen LogP contribution in [0.1, 0.15) is 26.3 Å². The molecule has 8 heteroatoms. The number of hydrogen-bond acceptors (Lipinski definition) is 4. The van der Waals surface area contributed by atoms with Gasteiger partial charge >= 0.3 is 0 Å². The fourth-order valence-electron chi connectivity index (χ4n) is 3.75. The summed E-state index contributed by atoms with van der Waals surface area (Å²) in [5.74, 6) is -2.38. The number of anilines is 1. The number of aromatic nitrogens is 3. The number of fused-ring (bicyclic) bond motifs is 3. The van der Waals surface area contributed by atoms with Gasteiger partial charge in [-0.2, -0.15) is 5.10 Å². The van der Waals surface area contributed by atoms with Crippen molar-refractivity contribution in [1.29, 1.82) is 0 Å². The molecule has 5 rings (SSSR count). The molecule has 0 fully saturated rings. The van der Waals surface area contributed by atoms with Gasteiger partial charge in [-0.25, -0.2) is 23.3 Å². The topological polar surface area (TPSA) is 68.1 Å². The van der Waals surface area contributed by atoms with Crippen LogP contribution in [-0.2, 0) is 7.05 Å². The summed E-state index contributed by atoms with van der Waals surface area (Å²) in [4.78, 5) is 31.4. The van der Waals surface area contributed by atoms with Gasteiger partial charge in [0.25, 0.3) is 11.8 Å². The Bertz CT molecular complexity index is 1380. The Labute approximate surface area is 169 Å². The zero-order valence-corrected chi connectivity index (χ0v) is 16.0. The Morgan fingerprint density at radius 1 is 0.967 bits per heavy atom. The van der Waals surface area contributed by atoms with Gasteiger partial charge in [0.2, 0.25) is 0 Å². The lowest BCUT2D eigenvalue weighted by Crippen LogP contribution is -2.30. The summed E-state index contributed by atoms with van der Waals surface area (Å²) in [6, 6.07) is 9.94. The number of nitrogens with zero attached hydrogens (tertiary/aromatic N) is 4. The van der Waals surface area contributed by atoms with E-state index in [9.17, 15) is 18.4 Å². The highest BCUT2D eigenvalue weighted by atomic mass is 19.1. The Kier molecular flexibility index (Phi) is 3.79. The molecule has 6 nitrogen and oxygen atoms in total. The molecule has 2 aromatic heterocycles. The van der Waals surface area contributed by atoms with Gasteiger partial charge in [-0.3, -0.25) is 9.59 Å². The van der Waals surface area contributed by atoms with Crippen molar-refractivity contribution in [3.63, 3.8) is 0 Å². The lowest BCUT2D eigenvalue weighted by molar-refractivity contribution is 0.0925. The number of pyridine rings is 1. The lowest BCUT2D eigenvalue weighted by atomic mass is 10.0. The van der Waals surface area contributed by atoms with E-state index < -0.39 is 23.4 Å². The molecule has 4 aromatic rings. The van der Waals surface area contributed by atoms with Crippen molar-refractivity contribution in [2.24, 2.45) is 7.05 Å². The van der Waals surface area contributed by atoms with Crippen LogP contribution in [0.25, 0.3) is 22.3 Å². The van der Waals surface area contributed by atoms with Crippen molar-refractivity contribution in [2.45, 2.75) is 6.92 Å². The summed E-state index contributed by atoms with van der Waals surface area (Å²) >= 11 is 0. The summed E-state index contributed by atoms with van der Waals surface area (Å²) in [6.45, 7) is 1.72. The molecule has 1 aliphatic rings. The second-order valence-corrected chi connectivity index (χ2v) is 7.13. The molecule has 148 valence electrons. The van der Waals surface area contributed by atoms with Crippen molar-refractivity contribution < 1.29 is 18.4 Å². The molecule has 0 saturated heterocycles. The van der Waals surface area contributed by atoms with E-state index in [0.717, 1.165) is 4.90 Å². The van der Waals surface area contributed by atoms with E-state index in [2.05, 4.69) is 10.1 Å². The molecule has 2 aromatic carbocycles. The van der Waals surface area contributed by atoms with Crippen LogP contribution in [0.3, 0.4) is 0 Å². The summed E-state index contributed by atoms with van der Waals surface area (Å²) < 4.78 is 29.4. The van der Waals surface area contributed by atoms with Gasteiger partial charge in [-0.05, 0) is 48.9 Å². The number of rotatable bonds is 2. The largest absolute Gasteiger partial charge is 0.268 e. The van der Waals surface area contributed by atoms with Crippen LogP contribution in [-0.4, -0.2) is 26.6 Å². The summed E-state index contributed by atoms with van der Waals surface area (Å²) in [6.07, 6.45) is 1.31. The van der Waals surface area contributed by atoms with Crippen LogP contribution in [0.5, 0.6) is 0 Å². The highest BCUT2D eigenvalue weighted by molar-refractivity contribution is 6.38. The van der Waals surface area contributed by atoms with Gasteiger partial charge in [0, 0.05) is 18.8 Å². The fraction of sp³-hybridized carbons (Fsp3) is 0.0909. The highest BCUT2D eigenvalue weighted by Crippen LogP contribution is 2.37. The quantitative estimate of drug-likeness (QED) is 0.473. The van der Waals surface area contributed by atoms with Crippen LogP contribution in [0, 0.1) is 18.6 Å². The number of hydrogen-bond donors (Lipinski definition) is 0. The number of carbonyl (C=O) groups excluding carboxylic acids is 2. The van der Waals surface area contributed by atoms with Gasteiger partial charge in [0.15, 0.2) is 5.65 Å². The number of benzene rings is 2. The Hall–Kier alpha value is -3.94. The van der Waals surface area contributed by atoms with E-state index in [1.54, 1.807) is 20.0 Å². The number of imide groups is 1. The van der Waals surface area contributed by atoms with Crippen LogP contribution < -0.4 is 4.90 Å². The molecule has 1 aliphatic heterocycles. The molecule has 2 amide bonds. The van der Waals surface area contributed by atoms with E-state index >= 15 is 0 Å². The van der Waals surface area contributed by atoms with Crippen molar-refractivity contribution in [3.8, 4) is 11.3 Å². The predicted octanol–water partition coefficient (Wildman–Crippen LogP) is 4.02. The summed E-state index contributed by atoms with van der Waals surface area (Å²) in [5.41, 5.74) is 2.08. The lowest BCUT2D eigenvalue weighted by Gasteiger charge is -2.15. The van der Waals surface area contributed by atoms with E-state index in [1.165, 1.54) is 47.3 Å². The minimum absolute atomic E-state index is 0.0730. The molecule has 30 heavy (non-hydrogen) atoms. The van der Waals surface area contributed by atoms with Gasteiger partial charge < -0.3 is 0 Å². The Balaban J connectivity index is 1.76. The molecule has 0 bridgehead atoms. The molecule has 0 N–H and O–H groups in total. The first kappa shape index (κ1) is 18.1. The van der Waals surface area contributed by atoms with Crippen molar-refractivity contribution in [2.75, 3.05) is 4.90 Å². The average molecular weight is 404 g/mol. The number of halogens is 2. The zero-order chi connectivity index (χ0) is 21.2. The molecule has 0 atom stereocenters. The fourth-order valence-corrected chi connectivity index (χ4v) is 3.75. The molecule has 0 saturated carbocycles. The van der Waals surface area contributed by atoms with Crippen molar-refractivity contribution >= 4 is 28.5 Å². The molecule has 0 radical (unpaired) electrons. The summed E-state index contributed by atoms with van der Waals surface area (Å²) in [5, 5.41) is 4.80. The Morgan fingerprint density at radius 2 is 1.70 bits per heavy atom. The number of aryl methyl sites for hydroxylation is 2. The number of carbonyl (C=O) groups is 2. The van der Waals surface area contributed by atoms with E-state index in [0.29, 0.717) is 27.9 Å². The maximum atomic E-state index is 14.6. The van der Waals surface area contributed by atoms with E-state index in [4.69, 9.17) is 0 Å². The van der Waals surface area contributed by atoms with Crippen molar-refractivity contribution in [3.05, 3.63) is 77.0 Å². The Morgan fingerprint density at radius 3 is 2.40 bits per heavy atom.